The van der Waals surface area contributed by atoms with Crippen LogP contribution in [0.4, 0.5) is 32.0 Å². The van der Waals surface area contributed by atoms with Crippen molar-refractivity contribution in [2.45, 2.75) is 24.9 Å². The van der Waals surface area contributed by atoms with E-state index in [4.69, 9.17) is 5.26 Å². The van der Waals surface area contributed by atoms with Gasteiger partial charge in [0.2, 0.25) is 0 Å². The van der Waals surface area contributed by atoms with Crippen molar-refractivity contribution >= 4 is 5.69 Å². The van der Waals surface area contributed by atoms with Crippen LogP contribution in [-0.4, -0.2) is 13.1 Å². The van der Waals surface area contributed by atoms with E-state index in [9.17, 15) is 26.3 Å². The molecule has 0 unspecified atom stereocenters. The van der Waals surface area contributed by atoms with Crippen molar-refractivity contribution in [3.63, 3.8) is 0 Å². The number of hydrogen-bond acceptors (Lipinski definition) is 2. The summed E-state index contributed by atoms with van der Waals surface area (Å²) in [6.07, 6.45) is -4.51. The predicted molar refractivity (Wildman–Crippen MR) is 85.5 cm³/mol. The fraction of sp³-hybridized carbons (Fsp3) is 0.316. The van der Waals surface area contributed by atoms with Gasteiger partial charge in [-0.15, -0.1) is 0 Å². The van der Waals surface area contributed by atoms with E-state index >= 15 is 0 Å². The first-order valence-electron chi connectivity index (χ1n) is 8.13. The van der Waals surface area contributed by atoms with Crippen LogP contribution in [0.25, 0.3) is 0 Å². The van der Waals surface area contributed by atoms with Gasteiger partial charge in [-0.25, -0.2) is 13.2 Å². The van der Waals surface area contributed by atoms with Crippen LogP contribution in [0.1, 0.15) is 35.4 Å². The number of halogens is 6. The molecule has 0 aromatic heterocycles. The first-order valence-corrected chi connectivity index (χ1v) is 8.13. The van der Waals surface area contributed by atoms with E-state index in [1.165, 1.54) is 11.0 Å². The summed E-state index contributed by atoms with van der Waals surface area (Å²) in [6.45, 7) is 0.255. The van der Waals surface area contributed by atoms with Crippen LogP contribution >= 0.6 is 0 Å². The number of rotatable bonds is 2. The quantitative estimate of drug-likeness (QED) is 0.669. The van der Waals surface area contributed by atoms with E-state index in [0.29, 0.717) is 0 Å². The van der Waals surface area contributed by atoms with Crippen molar-refractivity contribution in [3.8, 4) is 6.07 Å². The molecule has 0 saturated carbocycles. The van der Waals surface area contributed by atoms with Crippen LogP contribution in [-0.2, 0) is 6.18 Å². The Morgan fingerprint density at radius 2 is 1.63 bits per heavy atom. The van der Waals surface area contributed by atoms with Crippen LogP contribution in [0, 0.1) is 34.8 Å². The van der Waals surface area contributed by atoms with Crippen LogP contribution < -0.4 is 4.90 Å². The Labute approximate surface area is 151 Å². The third-order valence-corrected chi connectivity index (χ3v) is 4.70. The average molecular weight is 383 g/mol. The van der Waals surface area contributed by atoms with Gasteiger partial charge in [0, 0.05) is 18.7 Å². The summed E-state index contributed by atoms with van der Waals surface area (Å²) in [5.74, 6) is -3.42. The number of benzene rings is 2. The van der Waals surface area contributed by atoms with Gasteiger partial charge in [0.25, 0.3) is 0 Å². The molecule has 2 aromatic carbocycles. The van der Waals surface area contributed by atoms with E-state index in [1.807, 2.05) is 0 Å². The van der Waals surface area contributed by atoms with Gasteiger partial charge in [-0.1, -0.05) is 0 Å². The van der Waals surface area contributed by atoms with Crippen LogP contribution in [0.2, 0.25) is 0 Å². The molecule has 1 heterocycles. The highest BCUT2D eigenvalue weighted by atomic mass is 19.4. The van der Waals surface area contributed by atoms with Gasteiger partial charge in [-0.2, -0.15) is 18.4 Å². The van der Waals surface area contributed by atoms with Gasteiger partial charge in [-0.05, 0) is 49.1 Å². The topological polar surface area (TPSA) is 27.0 Å². The second-order valence-corrected chi connectivity index (χ2v) is 6.26. The molecule has 1 radical (unpaired) electrons. The zero-order valence-electron chi connectivity index (χ0n) is 13.9. The number of nitrogens with zero attached hydrogens (tertiary/aromatic N) is 2. The van der Waals surface area contributed by atoms with Gasteiger partial charge in [-0.3, -0.25) is 0 Å². The summed E-state index contributed by atoms with van der Waals surface area (Å²) in [5, 5.41) is 8.82. The van der Waals surface area contributed by atoms with Gasteiger partial charge in [0.1, 0.15) is 17.2 Å². The summed E-state index contributed by atoms with van der Waals surface area (Å²) in [5.41, 5.74) is -2.74. The Morgan fingerprint density at radius 3 is 2.15 bits per heavy atom. The van der Waals surface area contributed by atoms with Crippen molar-refractivity contribution in [2.75, 3.05) is 18.0 Å². The smallest absolute Gasteiger partial charge is 0.369 e. The minimum absolute atomic E-state index is 0.0790. The number of alkyl halides is 3. The van der Waals surface area contributed by atoms with E-state index in [2.05, 4.69) is 6.07 Å². The molecule has 0 aliphatic carbocycles. The van der Waals surface area contributed by atoms with E-state index in [-0.39, 0.29) is 37.2 Å². The lowest BCUT2D eigenvalue weighted by Crippen LogP contribution is -2.34. The average Bonchev–Trinajstić information content (AvgIpc) is 2.61. The third kappa shape index (κ3) is 3.59. The predicted octanol–water partition coefficient (Wildman–Crippen LogP) is 5.18. The van der Waals surface area contributed by atoms with Crippen LogP contribution in [0.3, 0.4) is 0 Å². The minimum atomic E-state index is -5.00. The van der Waals surface area contributed by atoms with Crippen LogP contribution in [0.15, 0.2) is 24.3 Å². The largest absolute Gasteiger partial charge is 0.420 e. The van der Waals surface area contributed by atoms with E-state index in [1.54, 1.807) is 0 Å². The molecule has 0 bridgehead atoms. The molecule has 2 aromatic rings. The Balaban J connectivity index is 1.86. The lowest BCUT2D eigenvalue weighted by molar-refractivity contribution is -0.140. The standard InChI is InChI=1S/C19H13F6N2/c20-13-2-1-3-14(21)16(13)11-6-8-27(9-7-11)15-5-4-12(10-26)17(18(15)22)19(23,24)25/h2-5,11H,6-9H2. The van der Waals surface area contributed by atoms with Crippen molar-refractivity contribution in [1.82, 2.24) is 0 Å². The summed E-state index contributed by atoms with van der Waals surface area (Å²) in [4.78, 5) is 1.40. The molecule has 0 N–H and O–H groups in total. The molecule has 1 fully saturated rings. The first-order chi connectivity index (χ1) is 12.7. The van der Waals surface area contributed by atoms with Crippen molar-refractivity contribution < 1.29 is 26.3 Å². The van der Waals surface area contributed by atoms with Gasteiger partial charge >= 0.3 is 6.18 Å². The van der Waals surface area contributed by atoms with Gasteiger partial charge in [0.15, 0.2) is 5.82 Å². The Kier molecular flexibility index (Phi) is 5.05. The highest BCUT2D eigenvalue weighted by Crippen LogP contribution is 2.39. The molecular weight excluding hydrogens is 370 g/mol. The maximum Gasteiger partial charge on any atom is 0.420 e. The highest BCUT2D eigenvalue weighted by molar-refractivity contribution is 5.56. The van der Waals surface area contributed by atoms with Crippen molar-refractivity contribution in [1.29, 1.82) is 5.26 Å². The molecule has 141 valence electrons. The van der Waals surface area contributed by atoms with Gasteiger partial charge < -0.3 is 4.90 Å². The Morgan fingerprint density at radius 1 is 1.04 bits per heavy atom. The number of piperidine rings is 1. The molecule has 1 aliphatic heterocycles. The fourth-order valence-electron chi connectivity index (χ4n) is 3.44. The molecule has 0 atom stereocenters. The molecule has 3 rings (SSSR count). The molecule has 27 heavy (non-hydrogen) atoms. The minimum Gasteiger partial charge on any atom is -0.369 e. The SMILES string of the molecule is N#Cc1ccc(N2CCC(c3c(F)c[c]cc3F)CC2)c(F)c1C(F)(F)F. The molecule has 0 amide bonds. The molecule has 0 spiro atoms. The summed E-state index contributed by atoms with van der Waals surface area (Å²) >= 11 is 0. The maximum atomic E-state index is 14.5. The van der Waals surface area contributed by atoms with Gasteiger partial charge in [0.05, 0.1) is 17.3 Å². The molecule has 1 saturated heterocycles. The molecule has 2 nitrogen and oxygen atoms in total. The van der Waals surface area contributed by atoms with Crippen molar-refractivity contribution in [3.05, 3.63) is 64.5 Å². The maximum absolute atomic E-state index is 14.5. The van der Waals surface area contributed by atoms with Crippen LogP contribution in [0.5, 0.6) is 0 Å². The Bertz CT molecular complexity index is 872. The summed E-state index contributed by atoms with van der Waals surface area (Å²) < 4.78 is 81.6. The number of hydrogen-bond donors (Lipinski definition) is 0. The van der Waals surface area contributed by atoms with Crippen molar-refractivity contribution in [2.24, 2.45) is 0 Å². The lowest BCUT2D eigenvalue weighted by Gasteiger charge is -2.34. The second kappa shape index (κ2) is 7.14. The third-order valence-electron chi connectivity index (χ3n) is 4.70. The Hall–Kier alpha value is -2.69. The zero-order chi connectivity index (χ0) is 19.8. The normalized spacial score (nSPS) is 15.7. The molecule has 1 aliphatic rings. The molecular formula is C19H13F6N2. The number of anilines is 1. The number of nitriles is 1. The monoisotopic (exact) mass is 383 g/mol. The summed E-state index contributed by atoms with van der Waals surface area (Å²) in [6, 6.07) is 7.80. The zero-order valence-corrected chi connectivity index (χ0v) is 13.9. The first kappa shape index (κ1) is 19.1. The van der Waals surface area contributed by atoms with E-state index < -0.39 is 40.7 Å². The highest BCUT2D eigenvalue weighted by Gasteiger charge is 2.39. The van der Waals surface area contributed by atoms with E-state index in [0.717, 1.165) is 24.3 Å². The fourth-order valence-corrected chi connectivity index (χ4v) is 3.44. The molecule has 8 heteroatoms. The lowest BCUT2D eigenvalue weighted by atomic mass is 9.88. The summed E-state index contributed by atoms with van der Waals surface area (Å²) in [7, 11) is 0. The second-order valence-electron chi connectivity index (χ2n) is 6.26.